The Balaban J connectivity index is 1.44. The molecule has 0 saturated carbocycles. The molecule has 0 bridgehead atoms. The van der Waals surface area contributed by atoms with Crippen LogP contribution >= 0.6 is 11.8 Å². The summed E-state index contributed by atoms with van der Waals surface area (Å²) < 4.78 is 0. The molecule has 3 aromatic rings. The van der Waals surface area contributed by atoms with Crippen LogP contribution in [0.15, 0.2) is 88.8 Å². The summed E-state index contributed by atoms with van der Waals surface area (Å²) >= 11 is 1.36. The molecule has 0 radical (unpaired) electrons. The van der Waals surface area contributed by atoms with Gasteiger partial charge in [0.25, 0.3) is 5.91 Å². The van der Waals surface area contributed by atoms with Gasteiger partial charge in [-0.3, -0.25) is 4.79 Å². The molecule has 1 saturated heterocycles. The number of amidine groups is 1. The molecular formula is C24H21N3OS. The lowest BCUT2D eigenvalue weighted by Gasteiger charge is -2.06. The Morgan fingerprint density at radius 1 is 0.931 bits per heavy atom. The first-order valence-corrected chi connectivity index (χ1v) is 10.3. The number of carbonyl (C=O) groups is 1. The summed E-state index contributed by atoms with van der Waals surface area (Å²) in [6.07, 6.45) is 2.90. The standard InChI is InChI=1S/C24H21N3OS/c1-2-17-8-10-18(11-9-17)16-22-23(28)27-24(29-22)26-21-14-12-20(13-15-21)25-19-6-4-3-5-7-19/h3-16,25H,2H2,1H3,(H,26,27,28)/b22-16-. The first-order chi connectivity index (χ1) is 14.2. The number of thioether (sulfide) groups is 1. The van der Waals surface area contributed by atoms with Crippen LogP contribution in [0.4, 0.5) is 17.1 Å². The number of hydrogen-bond donors (Lipinski definition) is 2. The molecule has 0 atom stereocenters. The fourth-order valence-electron chi connectivity index (χ4n) is 2.91. The Labute approximate surface area is 174 Å². The summed E-state index contributed by atoms with van der Waals surface area (Å²) in [6, 6.07) is 26.0. The highest BCUT2D eigenvalue weighted by molar-refractivity contribution is 8.18. The summed E-state index contributed by atoms with van der Waals surface area (Å²) in [6.45, 7) is 2.13. The zero-order chi connectivity index (χ0) is 20.1. The number of carbonyl (C=O) groups excluding carboxylic acids is 1. The zero-order valence-electron chi connectivity index (χ0n) is 16.1. The molecule has 1 fully saturated rings. The van der Waals surface area contributed by atoms with Crippen molar-refractivity contribution in [1.29, 1.82) is 0 Å². The van der Waals surface area contributed by atoms with Crippen LogP contribution in [0.2, 0.25) is 0 Å². The second kappa shape index (κ2) is 8.80. The fraction of sp³-hybridized carbons (Fsp3) is 0.0833. The number of hydrogen-bond acceptors (Lipinski definition) is 4. The molecule has 1 heterocycles. The first kappa shape index (κ1) is 19.0. The van der Waals surface area contributed by atoms with Gasteiger partial charge in [-0.1, -0.05) is 49.4 Å². The van der Waals surface area contributed by atoms with Crippen molar-refractivity contribution < 1.29 is 4.79 Å². The van der Waals surface area contributed by atoms with Gasteiger partial charge in [-0.15, -0.1) is 0 Å². The van der Waals surface area contributed by atoms with Gasteiger partial charge in [0.1, 0.15) is 0 Å². The third-order valence-corrected chi connectivity index (χ3v) is 5.41. The third kappa shape index (κ3) is 4.95. The fourth-order valence-corrected chi connectivity index (χ4v) is 3.75. The molecule has 1 aliphatic rings. The number of aryl methyl sites for hydroxylation is 1. The number of benzene rings is 3. The predicted molar refractivity (Wildman–Crippen MR) is 123 cm³/mol. The maximum atomic E-state index is 12.3. The van der Waals surface area contributed by atoms with E-state index in [0.717, 1.165) is 29.0 Å². The van der Waals surface area contributed by atoms with Crippen LogP contribution in [0.5, 0.6) is 0 Å². The smallest absolute Gasteiger partial charge is 0.264 e. The third-order valence-electron chi connectivity index (χ3n) is 4.50. The van der Waals surface area contributed by atoms with Gasteiger partial charge in [-0.2, -0.15) is 0 Å². The van der Waals surface area contributed by atoms with E-state index in [2.05, 4.69) is 34.7 Å². The lowest BCUT2D eigenvalue weighted by molar-refractivity contribution is -0.115. The quantitative estimate of drug-likeness (QED) is 0.527. The molecule has 29 heavy (non-hydrogen) atoms. The monoisotopic (exact) mass is 399 g/mol. The van der Waals surface area contributed by atoms with E-state index >= 15 is 0 Å². The predicted octanol–water partition coefficient (Wildman–Crippen LogP) is 5.88. The number of anilines is 2. The molecule has 144 valence electrons. The highest BCUT2D eigenvalue weighted by Gasteiger charge is 2.23. The van der Waals surface area contributed by atoms with Gasteiger partial charge in [0, 0.05) is 11.4 Å². The molecule has 0 unspecified atom stereocenters. The Kier molecular flexibility index (Phi) is 5.77. The van der Waals surface area contributed by atoms with Gasteiger partial charge >= 0.3 is 0 Å². The van der Waals surface area contributed by atoms with Crippen LogP contribution in [0, 0.1) is 0 Å². The van der Waals surface area contributed by atoms with E-state index in [1.165, 1.54) is 17.3 Å². The van der Waals surface area contributed by atoms with Crippen molar-refractivity contribution in [2.24, 2.45) is 4.99 Å². The van der Waals surface area contributed by atoms with Crippen molar-refractivity contribution in [2.45, 2.75) is 13.3 Å². The van der Waals surface area contributed by atoms with Crippen LogP contribution in [0.1, 0.15) is 18.1 Å². The van der Waals surface area contributed by atoms with Gasteiger partial charge in [0.2, 0.25) is 0 Å². The van der Waals surface area contributed by atoms with Gasteiger partial charge in [-0.25, -0.2) is 4.99 Å². The van der Waals surface area contributed by atoms with Gasteiger partial charge in [0.05, 0.1) is 10.6 Å². The van der Waals surface area contributed by atoms with E-state index in [-0.39, 0.29) is 5.91 Å². The average Bonchev–Trinajstić information content (AvgIpc) is 3.09. The summed E-state index contributed by atoms with van der Waals surface area (Å²) in [5, 5.41) is 6.77. The van der Waals surface area contributed by atoms with E-state index < -0.39 is 0 Å². The van der Waals surface area contributed by atoms with Crippen LogP contribution in [0.3, 0.4) is 0 Å². The minimum absolute atomic E-state index is 0.115. The molecular weight excluding hydrogens is 378 g/mol. The van der Waals surface area contributed by atoms with Crippen LogP contribution in [-0.2, 0) is 11.2 Å². The van der Waals surface area contributed by atoms with Crippen molar-refractivity contribution in [3.8, 4) is 0 Å². The Bertz CT molecular complexity index is 1060. The summed E-state index contributed by atoms with van der Waals surface area (Å²) in [7, 11) is 0. The number of rotatable bonds is 5. The number of amides is 1. The van der Waals surface area contributed by atoms with E-state index in [1.807, 2.05) is 72.8 Å². The molecule has 0 aliphatic carbocycles. The summed E-state index contributed by atoms with van der Waals surface area (Å²) in [4.78, 5) is 17.5. The number of nitrogens with one attached hydrogen (secondary N) is 2. The van der Waals surface area contributed by atoms with Crippen LogP contribution in [-0.4, -0.2) is 11.1 Å². The van der Waals surface area contributed by atoms with Crippen molar-refractivity contribution >= 4 is 46.0 Å². The molecule has 4 rings (SSSR count). The highest BCUT2D eigenvalue weighted by atomic mass is 32.2. The lowest BCUT2D eigenvalue weighted by Crippen LogP contribution is -2.19. The molecule has 5 heteroatoms. The first-order valence-electron chi connectivity index (χ1n) is 9.50. The van der Waals surface area contributed by atoms with E-state index in [4.69, 9.17) is 0 Å². The second-order valence-corrected chi connectivity index (χ2v) is 7.65. The Morgan fingerprint density at radius 3 is 2.31 bits per heavy atom. The molecule has 0 spiro atoms. The average molecular weight is 400 g/mol. The highest BCUT2D eigenvalue weighted by Crippen LogP contribution is 2.28. The minimum atomic E-state index is -0.115. The maximum Gasteiger partial charge on any atom is 0.264 e. The van der Waals surface area contributed by atoms with Crippen LogP contribution < -0.4 is 10.6 Å². The zero-order valence-corrected chi connectivity index (χ0v) is 16.9. The topological polar surface area (TPSA) is 53.5 Å². The Hall–Kier alpha value is -3.31. The molecule has 1 aliphatic heterocycles. The number of nitrogens with zero attached hydrogens (tertiary/aromatic N) is 1. The molecule has 2 N–H and O–H groups in total. The SMILES string of the molecule is CCc1ccc(/C=C2\SC(=Nc3ccc(Nc4ccccc4)cc3)NC2=O)cc1. The van der Waals surface area contributed by atoms with Gasteiger partial charge in [-0.05, 0) is 71.8 Å². The maximum absolute atomic E-state index is 12.3. The molecule has 3 aromatic carbocycles. The van der Waals surface area contributed by atoms with Crippen molar-refractivity contribution in [3.63, 3.8) is 0 Å². The largest absolute Gasteiger partial charge is 0.356 e. The van der Waals surface area contributed by atoms with Crippen molar-refractivity contribution in [1.82, 2.24) is 5.32 Å². The number of aliphatic imine (C=N–C) groups is 1. The van der Waals surface area contributed by atoms with Gasteiger partial charge < -0.3 is 10.6 Å². The van der Waals surface area contributed by atoms with E-state index in [0.29, 0.717) is 10.1 Å². The summed E-state index contributed by atoms with van der Waals surface area (Å²) in [5.74, 6) is -0.115. The molecule has 1 amide bonds. The second-order valence-electron chi connectivity index (χ2n) is 6.61. The normalized spacial score (nSPS) is 16.2. The van der Waals surface area contributed by atoms with E-state index in [1.54, 1.807) is 0 Å². The molecule has 0 aromatic heterocycles. The van der Waals surface area contributed by atoms with Crippen LogP contribution in [0.25, 0.3) is 6.08 Å². The minimum Gasteiger partial charge on any atom is -0.356 e. The van der Waals surface area contributed by atoms with Gasteiger partial charge in [0.15, 0.2) is 5.17 Å². The summed E-state index contributed by atoms with van der Waals surface area (Å²) in [5.41, 5.74) is 5.10. The lowest BCUT2D eigenvalue weighted by atomic mass is 10.1. The van der Waals surface area contributed by atoms with E-state index in [9.17, 15) is 4.79 Å². The van der Waals surface area contributed by atoms with Crippen molar-refractivity contribution in [2.75, 3.05) is 5.32 Å². The Morgan fingerprint density at radius 2 is 1.62 bits per heavy atom. The molecule has 4 nitrogen and oxygen atoms in total. The van der Waals surface area contributed by atoms with Crippen molar-refractivity contribution in [3.05, 3.63) is 94.9 Å². The number of para-hydroxylation sites is 1.